The van der Waals surface area contributed by atoms with Crippen LogP contribution in [0.2, 0.25) is 0 Å². The molecular weight excluding hydrogens is 434 g/mol. The van der Waals surface area contributed by atoms with Crippen LogP contribution in [0.4, 0.5) is 8.78 Å². The maximum atomic E-state index is 14.1. The van der Waals surface area contributed by atoms with Gasteiger partial charge in [-0.25, -0.2) is 8.78 Å². The number of Topliss-reactive ketones (excluding diaryl/α,β-unsaturated/α-hetero) is 1. The lowest BCUT2D eigenvalue weighted by molar-refractivity contribution is 0.103. The number of carbonyl (C=O) groups excluding carboxylic acids is 1. The molecule has 1 N–H and O–H groups in total. The highest BCUT2D eigenvalue weighted by Crippen LogP contribution is 2.42. The van der Waals surface area contributed by atoms with Gasteiger partial charge >= 0.3 is 0 Å². The summed E-state index contributed by atoms with van der Waals surface area (Å²) >= 11 is 0. The van der Waals surface area contributed by atoms with Gasteiger partial charge in [0.2, 0.25) is 0 Å². The minimum absolute atomic E-state index is 0.145. The van der Waals surface area contributed by atoms with Crippen molar-refractivity contribution < 1.29 is 18.3 Å². The predicted molar refractivity (Wildman–Crippen MR) is 129 cm³/mol. The van der Waals surface area contributed by atoms with Crippen LogP contribution in [0.25, 0.3) is 5.57 Å². The number of fused-ring (bicyclic) bond motifs is 1. The van der Waals surface area contributed by atoms with Crippen molar-refractivity contribution in [2.75, 3.05) is 33.3 Å². The first-order chi connectivity index (χ1) is 16.5. The van der Waals surface area contributed by atoms with Crippen LogP contribution in [0.15, 0.2) is 65.9 Å². The number of ether oxygens (including phenoxy) is 1. The van der Waals surface area contributed by atoms with E-state index in [1.807, 2.05) is 42.4 Å². The number of hydrogen-bond donors (Lipinski definition) is 1. The first-order valence-corrected chi connectivity index (χ1v) is 11.8. The summed E-state index contributed by atoms with van der Waals surface area (Å²) in [6.45, 7) is 3.24. The molecule has 2 aliphatic heterocycles. The molecule has 0 spiro atoms. The Bertz CT molecular complexity index is 1190. The van der Waals surface area contributed by atoms with E-state index >= 15 is 0 Å². The number of likely N-dealkylation sites (N-methyl/N-ethyl adjacent to an activating group) is 1. The summed E-state index contributed by atoms with van der Waals surface area (Å²) in [4.78, 5) is 15.6. The van der Waals surface area contributed by atoms with Crippen molar-refractivity contribution in [3.05, 3.63) is 94.2 Å². The molecule has 1 fully saturated rings. The van der Waals surface area contributed by atoms with Gasteiger partial charge < -0.3 is 15.0 Å². The first-order valence-electron chi connectivity index (χ1n) is 11.8. The van der Waals surface area contributed by atoms with Crippen LogP contribution in [0.1, 0.15) is 40.7 Å². The van der Waals surface area contributed by atoms with Crippen molar-refractivity contribution in [2.24, 2.45) is 5.92 Å². The lowest BCUT2D eigenvalue weighted by Gasteiger charge is -2.22. The van der Waals surface area contributed by atoms with E-state index in [9.17, 15) is 13.6 Å². The van der Waals surface area contributed by atoms with Gasteiger partial charge in [0.25, 0.3) is 0 Å². The van der Waals surface area contributed by atoms with Gasteiger partial charge in [-0.15, -0.1) is 0 Å². The SMILES string of the molecule is CN1C=CC=C(C2=C(c3cc(F)cc(F)c3)c3ccc(OCCC4CCNCC4)cc3C2=O)C1. The summed E-state index contributed by atoms with van der Waals surface area (Å²) < 4.78 is 34.3. The number of benzene rings is 2. The summed E-state index contributed by atoms with van der Waals surface area (Å²) in [5.74, 6) is -0.191. The zero-order valence-electron chi connectivity index (χ0n) is 19.2. The maximum absolute atomic E-state index is 14.1. The summed E-state index contributed by atoms with van der Waals surface area (Å²) in [6, 6.07) is 8.86. The largest absolute Gasteiger partial charge is 0.494 e. The minimum atomic E-state index is -0.671. The van der Waals surface area contributed by atoms with Crippen LogP contribution < -0.4 is 10.1 Å². The Morgan fingerprint density at radius 2 is 1.79 bits per heavy atom. The van der Waals surface area contributed by atoms with E-state index in [1.54, 1.807) is 6.07 Å². The fraction of sp³-hybridized carbons (Fsp3) is 0.321. The van der Waals surface area contributed by atoms with E-state index in [0.29, 0.717) is 52.7 Å². The quantitative estimate of drug-likeness (QED) is 0.647. The molecule has 0 bridgehead atoms. The van der Waals surface area contributed by atoms with Crippen molar-refractivity contribution in [3.8, 4) is 5.75 Å². The number of halogens is 2. The Morgan fingerprint density at radius 3 is 2.53 bits per heavy atom. The third-order valence-corrected chi connectivity index (χ3v) is 6.77. The molecule has 1 aliphatic carbocycles. The molecule has 4 nitrogen and oxygen atoms in total. The van der Waals surface area contributed by atoms with Crippen LogP contribution in [0.3, 0.4) is 0 Å². The Balaban J connectivity index is 1.48. The molecule has 2 aromatic rings. The van der Waals surface area contributed by atoms with E-state index in [0.717, 1.165) is 44.0 Å². The first kappa shape index (κ1) is 22.5. The van der Waals surface area contributed by atoms with E-state index in [1.165, 1.54) is 12.1 Å². The van der Waals surface area contributed by atoms with E-state index in [-0.39, 0.29) is 5.78 Å². The number of hydrogen-bond acceptors (Lipinski definition) is 4. The van der Waals surface area contributed by atoms with Gasteiger partial charge in [-0.3, -0.25) is 4.79 Å². The second-order valence-electron chi connectivity index (χ2n) is 9.22. The van der Waals surface area contributed by atoms with Crippen molar-refractivity contribution in [1.82, 2.24) is 10.2 Å². The molecule has 176 valence electrons. The summed E-state index contributed by atoms with van der Waals surface area (Å²) in [5, 5.41) is 3.37. The van der Waals surface area contributed by atoms with Gasteiger partial charge in [-0.05, 0) is 97.6 Å². The number of piperidine rings is 1. The lowest BCUT2D eigenvalue weighted by Crippen LogP contribution is -2.28. The van der Waals surface area contributed by atoms with Crippen molar-refractivity contribution in [3.63, 3.8) is 0 Å². The molecule has 0 aromatic heterocycles. The zero-order chi connectivity index (χ0) is 23.7. The number of carbonyl (C=O) groups is 1. The highest BCUT2D eigenvalue weighted by Gasteiger charge is 2.33. The molecule has 3 aliphatic rings. The number of ketones is 1. The third kappa shape index (κ3) is 4.55. The predicted octanol–water partition coefficient (Wildman–Crippen LogP) is 5.12. The third-order valence-electron chi connectivity index (χ3n) is 6.77. The Kier molecular flexibility index (Phi) is 6.33. The van der Waals surface area contributed by atoms with Crippen molar-refractivity contribution in [1.29, 1.82) is 0 Å². The lowest BCUT2D eigenvalue weighted by atomic mass is 9.93. The Morgan fingerprint density at radius 1 is 1.03 bits per heavy atom. The Hall–Kier alpha value is -3.25. The molecular formula is C28H28F2N2O2. The summed E-state index contributed by atoms with van der Waals surface area (Å²) in [6.07, 6.45) is 8.99. The Labute approximate surface area is 198 Å². The molecule has 2 aromatic carbocycles. The van der Waals surface area contributed by atoms with E-state index < -0.39 is 11.6 Å². The summed E-state index contributed by atoms with van der Waals surface area (Å²) in [7, 11) is 1.92. The van der Waals surface area contributed by atoms with Crippen LogP contribution >= 0.6 is 0 Å². The molecule has 0 amide bonds. The number of allylic oxidation sites excluding steroid dienone is 2. The van der Waals surface area contributed by atoms with Gasteiger partial charge in [0, 0.05) is 36.4 Å². The average molecular weight is 463 g/mol. The number of nitrogens with zero attached hydrogens (tertiary/aromatic N) is 1. The van der Waals surface area contributed by atoms with Gasteiger partial charge in [-0.1, -0.05) is 6.08 Å². The number of rotatable bonds is 6. The smallest absolute Gasteiger partial charge is 0.194 e. The maximum Gasteiger partial charge on any atom is 0.194 e. The molecule has 6 heteroatoms. The monoisotopic (exact) mass is 462 g/mol. The molecule has 0 unspecified atom stereocenters. The fourth-order valence-corrected chi connectivity index (χ4v) is 5.06. The van der Waals surface area contributed by atoms with Crippen LogP contribution in [0, 0.1) is 17.6 Å². The second-order valence-corrected chi connectivity index (χ2v) is 9.22. The molecule has 2 heterocycles. The topological polar surface area (TPSA) is 41.6 Å². The van der Waals surface area contributed by atoms with Crippen molar-refractivity contribution in [2.45, 2.75) is 19.3 Å². The van der Waals surface area contributed by atoms with Crippen LogP contribution in [-0.2, 0) is 0 Å². The van der Waals surface area contributed by atoms with Crippen LogP contribution in [0.5, 0.6) is 5.75 Å². The van der Waals surface area contributed by atoms with Crippen molar-refractivity contribution >= 4 is 11.4 Å². The van der Waals surface area contributed by atoms with Gasteiger partial charge in [0.05, 0.1) is 6.61 Å². The second kappa shape index (κ2) is 9.55. The fourth-order valence-electron chi connectivity index (χ4n) is 5.06. The van der Waals surface area contributed by atoms with E-state index in [4.69, 9.17) is 4.74 Å². The highest BCUT2D eigenvalue weighted by atomic mass is 19.1. The van der Waals surface area contributed by atoms with Gasteiger partial charge in [-0.2, -0.15) is 0 Å². The van der Waals surface area contributed by atoms with Gasteiger partial charge in [0.15, 0.2) is 5.78 Å². The highest BCUT2D eigenvalue weighted by molar-refractivity contribution is 6.25. The minimum Gasteiger partial charge on any atom is -0.494 e. The zero-order valence-corrected chi connectivity index (χ0v) is 19.2. The normalized spacial score (nSPS) is 18.4. The molecule has 0 saturated carbocycles. The van der Waals surface area contributed by atoms with E-state index in [2.05, 4.69) is 5.32 Å². The molecule has 34 heavy (non-hydrogen) atoms. The average Bonchev–Trinajstić information content (AvgIpc) is 3.11. The molecule has 1 saturated heterocycles. The van der Waals surface area contributed by atoms with Crippen LogP contribution in [-0.4, -0.2) is 44.0 Å². The molecule has 0 atom stereocenters. The van der Waals surface area contributed by atoms with Gasteiger partial charge in [0.1, 0.15) is 17.4 Å². The summed E-state index contributed by atoms with van der Waals surface area (Å²) in [5.41, 5.74) is 3.41. The standard InChI is InChI=1S/C28H28F2N2O2/c1-32-11-2-3-19(17-32)27-26(20-13-21(29)15-22(30)14-20)24-5-4-23(16-25(24)28(27)33)34-12-8-18-6-9-31-10-7-18/h2-5,11,13-16,18,31H,6-10,12,17H2,1H3. The molecule has 5 rings (SSSR count). The molecule has 0 radical (unpaired) electrons. The number of nitrogens with one attached hydrogen (secondary N) is 1.